The third-order valence-electron chi connectivity index (χ3n) is 4.29. The monoisotopic (exact) mass is 290 g/mol. The van der Waals surface area contributed by atoms with Gasteiger partial charge in [0.15, 0.2) is 0 Å². The Morgan fingerprint density at radius 2 is 2.14 bits per heavy atom. The molecule has 1 fully saturated rings. The highest BCUT2D eigenvalue weighted by Crippen LogP contribution is 2.15. The van der Waals surface area contributed by atoms with Gasteiger partial charge in [-0.2, -0.15) is 0 Å². The minimum Gasteiger partial charge on any atom is -0.391 e. The Morgan fingerprint density at radius 3 is 2.76 bits per heavy atom. The minimum absolute atomic E-state index is 0.00311. The van der Waals surface area contributed by atoms with Crippen LogP contribution in [0.2, 0.25) is 0 Å². The van der Waals surface area contributed by atoms with E-state index < -0.39 is 6.10 Å². The fourth-order valence-corrected chi connectivity index (χ4v) is 2.84. The maximum absolute atomic E-state index is 12.0. The van der Waals surface area contributed by atoms with Crippen LogP contribution in [-0.2, 0) is 11.2 Å². The molecule has 0 saturated carbocycles. The van der Waals surface area contributed by atoms with Gasteiger partial charge in [0.2, 0.25) is 5.91 Å². The van der Waals surface area contributed by atoms with Gasteiger partial charge in [-0.25, -0.2) is 0 Å². The van der Waals surface area contributed by atoms with Gasteiger partial charge in [0.1, 0.15) is 0 Å². The Balaban J connectivity index is 1.77. The van der Waals surface area contributed by atoms with E-state index in [1.807, 2.05) is 37.3 Å². The SMILES string of the molecule is CC(NC(=O)CN1CCCC1C)C(O)Cc1ccccc1. The molecule has 1 aliphatic rings. The fourth-order valence-electron chi connectivity index (χ4n) is 2.84. The zero-order valence-corrected chi connectivity index (χ0v) is 13.0. The van der Waals surface area contributed by atoms with Crippen molar-refractivity contribution < 1.29 is 9.90 Å². The number of carbonyl (C=O) groups excluding carboxylic acids is 1. The maximum Gasteiger partial charge on any atom is 0.234 e. The van der Waals surface area contributed by atoms with Gasteiger partial charge in [0.05, 0.1) is 18.7 Å². The molecule has 3 unspecified atom stereocenters. The third kappa shape index (κ3) is 4.83. The topological polar surface area (TPSA) is 52.6 Å². The first-order valence-electron chi connectivity index (χ1n) is 7.81. The Morgan fingerprint density at radius 1 is 1.43 bits per heavy atom. The molecule has 3 atom stereocenters. The number of nitrogens with zero attached hydrogens (tertiary/aromatic N) is 1. The van der Waals surface area contributed by atoms with E-state index in [2.05, 4.69) is 17.1 Å². The molecule has 1 aromatic carbocycles. The van der Waals surface area contributed by atoms with Gasteiger partial charge in [-0.1, -0.05) is 30.3 Å². The molecule has 0 aliphatic carbocycles. The van der Waals surface area contributed by atoms with Gasteiger partial charge in [0, 0.05) is 12.5 Å². The molecular formula is C17H26N2O2. The Bertz CT molecular complexity index is 449. The summed E-state index contributed by atoms with van der Waals surface area (Å²) in [5.74, 6) is 0.00311. The molecule has 1 heterocycles. The molecule has 1 aliphatic heterocycles. The van der Waals surface area contributed by atoms with Gasteiger partial charge < -0.3 is 10.4 Å². The van der Waals surface area contributed by atoms with Crippen molar-refractivity contribution in [2.45, 2.75) is 51.3 Å². The molecule has 0 radical (unpaired) electrons. The number of aliphatic hydroxyl groups excluding tert-OH is 1. The summed E-state index contributed by atoms with van der Waals surface area (Å²) in [6, 6.07) is 10.1. The predicted octanol–water partition coefficient (Wildman–Crippen LogP) is 1.58. The number of likely N-dealkylation sites (tertiary alicyclic amines) is 1. The summed E-state index contributed by atoms with van der Waals surface area (Å²) in [5.41, 5.74) is 1.08. The quantitative estimate of drug-likeness (QED) is 0.836. The van der Waals surface area contributed by atoms with E-state index in [0.29, 0.717) is 19.0 Å². The van der Waals surface area contributed by atoms with E-state index in [4.69, 9.17) is 0 Å². The molecule has 1 aromatic rings. The summed E-state index contributed by atoms with van der Waals surface area (Å²) in [7, 11) is 0. The van der Waals surface area contributed by atoms with Crippen LogP contribution >= 0.6 is 0 Å². The summed E-state index contributed by atoms with van der Waals surface area (Å²) in [5, 5.41) is 13.1. The third-order valence-corrected chi connectivity index (χ3v) is 4.29. The Hall–Kier alpha value is -1.39. The van der Waals surface area contributed by atoms with Gasteiger partial charge in [0.25, 0.3) is 0 Å². The molecule has 4 nitrogen and oxygen atoms in total. The molecule has 0 spiro atoms. The van der Waals surface area contributed by atoms with Crippen molar-refractivity contribution in [3.63, 3.8) is 0 Å². The van der Waals surface area contributed by atoms with Crippen LogP contribution in [0.1, 0.15) is 32.3 Å². The second-order valence-electron chi connectivity index (χ2n) is 6.07. The highest BCUT2D eigenvalue weighted by atomic mass is 16.3. The van der Waals surface area contributed by atoms with Gasteiger partial charge in [-0.05, 0) is 38.8 Å². The van der Waals surface area contributed by atoms with E-state index in [1.165, 1.54) is 12.8 Å². The van der Waals surface area contributed by atoms with Crippen molar-refractivity contribution in [3.05, 3.63) is 35.9 Å². The summed E-state index contributed by atoms with van der Waals surface area (Å²) in [4.78, 5) is 14.2. The zero-order valence-electron chi connectivity index (χ0n) is 13.0. The van der Waals surface area contributed by atoms with E-state index in [1.54, 1.807) is 0 Å². The lowest BCUT2D eigenvalue weighted by Crippen LogP contribution is -2.46. The van der Waals surface area contributed by atoms with E-state index in [9.17, 15) is 9.90 Å². The van der Waals surface area contributed by atoms with Crippen LogP contribution in [0.3, 0.4) is 0 Å². The maximum atomic E-state index is 12.0. The van der Waals surface area contributed by atoms with E-state index in [0.717, 1.165) is 12.1 Å². The number of hydrogen-bond donors (Lipinski definition) is 2. The van der Waals surface area contributed by atoms with Crippen molar-refractivity contribution >= 4 is 5.91 Å². The van der Waals surface area contributed by atoms with Crippen molar-refractivity contribution in [2.75, 3.05) is 13.1 Å². The number of carbonyl (C=O) groups is 1. The summed E-state index contributed by atoms with van der Waals surface area (Å²) >= 11 is 0. The predicted molar refractivity (Wildman–Crippen MR) is 84.0 cm³/mol. The second kappa shape index (κ2) is 7.57. The minimum atomic E-state index is -0.563. The van der Waals surface area contributed by atoms with Gasteiger partial charge in [-0.3, -0.25) is 9.69 Å². The van der Waals surface area contributed by atoms with Crippen molar-refractivity contribution in [3.8, 4) is 0 Å². The molecule has 1 amide bonds. The second-order valence-corrected chi connectivity index (χ2v) is 6.07. The lowest BCUT2D eigenvalue weighted by molar-refractivity contribution is -0.123. The van der Waals surface area contributed by atoms with Crippen LogP contribution in [0.4, 0.5) is 0 Å². The average molecular weight is 290 g/mol. The number of hydrogen-bond acceptors (Lipinski definition) is 3. The molecule has 1 saturated heterocycles. The van der Waals surface area contributed by atoms with Gasteiger partial charge in [-0.15, -0.1) is 0 Å². The van der Waals surface area contributed by atoms with Gasteiger partial charge >= 0.3 is 0 Å². The molecule has 2 rings (SSSR count). The standard InChI is InChI=1S/C17H26N2O2/c1-13-7-6-10-19(13)12-17(21)18-14(2)16(20)11-15-8-4-3-5-9-15/h3-5,8-9,13-14,16,20H,6-7,10-12H2,1-2H3,(H,18,21). The highest BCUT2D eigenvalue weighted by Gasteiger charge is 2.24. The van der Waals surface area contributed by atoms with E-state index in [-0.39, 0.29) is 11.9 Å². The first-order chi connectivity index (χ1) is 10.1. The first kappa shape index (κ1) is 16.0. The van der Waals surface area contributed by atoms with Crippen molar-refractivity contribution in [1.29, 1.82) is 0 Å². The molecule has 116 valence electrons. The fraction of sp³-hybridized carbons (Fsp3) is 0.588. The van der Waals surface area contributed by atoms with Crippen molar-refractivity contribution in [2.24, 2.45) is 0 Å². The largest absolute Gasteiger partial charge is 0.391 e. The highest BCUT2D eigenvalue weighted by molar-refractivity contribution is 5.78. The van der Waals surface area contributed by atoms with Crippen LogP contribution in [0.5, 0.6) is 0 Å². The van der Waals surface area contributed by atoms with Crippen LogP contribution in [0.15, 0.2) is 30.3 Å². The Labute approximate surface area is 127 Å². The summed E-state index contributed by atoms with van der Waals surface area (Å²) < 4.78 is 0. The van der Waals surface area contributed by atoms with E-state index >= 15 is 0 Å². The summed E-state index contributed by atoms with van der Waals surface area (Å²) in [6.07, 6.45) is 2.33. The van der Waals surface area contributed by atoms with Crippen molar-refractivity contribution in [1.82, 2.24) is 10.2 Å². The molecular weight excluding hydrogens is 264 g/mol. The molecule has 0 bridgehead atoms. The number of amides is 1. The summed E-state index contributed by atoms with van der Waals surface area (Å²) in [6.45, 7) is 5.45. The number of benzene rings is 1. The molecule has 0 aromatic heterocycles. The molecule has 2 N–H and O–H groups in total. The first-order valence-corrected chi connectivity index (χ1v) is 7.81. The molecule has 21 heavy (non-hydrogen) atoms. The molecule has 4 heteroatoms. The van der Waals surface area contributed by atoms with Crippen LogP contribution in [0, 0.1) is 0 Å². The number of nitrogens with one attached hydrogen (secondary N) is 1. The number of rotatable bonds is 6. The van der Waals surface area contributed by atoms with Crippen LogP contribution in [0.25, 0.3) is 0 Å². The zero-order chi connectivity index (χ0) is 15.2. The normalized spacial score (nSPS) is 22.0. The number of aliphatic hydroxyl groups is 1. The van der Waals surface area contributed by atoms with Crippen LogP contribution in [-0.4, -0.2) is 47.2 Å². The Kier molecular flexibility index (Phi) is 5.76. The lowest BCUT2D eigenvalue weighted by Gasteiger charge is -2.24. The lowest BCUT2D eigenvalue weighted by atomic mass is 10.0. The van der Waals surface area contributed by atoms with Crippen LogP contribution < -0.4 is 5.32 Å². The average Bonchev–Trinajstić information content (AvgIpc) is 2.85. The smallest absolute Gasteiger partial charge is 0.234 e.